The lowest BCUT2D eigenvalue weighted by atomic mass is 10.1. The van der Waals surface area contributed by atoms with Crippen LogP contribution in [0.25, 0.3) is 0 Å². The summed E-state index contributed by atoms with van der Waals surface area (Å²) >= 11 is 0. The Kier molecular flexibility index (Phi) is 6.62. The molecule has 0 radical (unpaired) electrons. The number of ether oxygens (including phenoxy) is 1. The third-order valence-electron chi connectivity index (χ3n) is 3.11. The summed E-state index contributed by atoms with van der Waals surface area (Å²) in [6, 6.07) is 4.69. The average Bonchev–Trinajstić information content (AvgIpc) is 2.36. The van der Waals surface area contributed by atoms with Crippen LogP contribution < -0.4 is 5.32 Å². The summed E-state index contributed by atoms with van der Waals surface area (Å²) in [5.41, 5.74) is 0.544. The average molecular weight is 268 g/mol. The van der Waals surface area contributed by atoms with Crippen molar-refractivity contribution in [2.24, 2.45) is 0 Å². The predicted molar refractivity (Wildman–Crippen MR) is 75.6 cm³/mol. The summed E-state index contributed by atoms with van der Waals surface area (Å²) in [7, 11) is 3.72. The standard InChI is InChI=1S/C14H24N2O3/c1-11(14-12(17)5-4-6-13(14)18)15-7-8-16(2)9-10-19-3/h4-6,11,15,17-18H,7-10H2,1-3H3. The zero-order valence-corrected chi connectivity index (χ0v) is 11.9. The van der Waals surface area contributed by atoms with Crippen LogP contribution >= 0.6 is 0 Å². The van der Waals surface area contributed by atoms with Gasteiger partial charge >= 0.3 is 0 Å². The van der Waals surface area contributed by atoms with E-state index in [0.29, 0.717) is 12.2 Å². The van der Waals surface area contributed by atoms with E-state index in [0.717, 1.165) is 19.6 Å². The molecule has 108 valence electrons. The molecule has 5 heteroatoms. The first-order chi connectivity index (χ1) is 9.06. The fraction of sp³-hybridized carbons (Fsp3) is 0.571. The minimum Gasteiger partial charge on any atom is -0.507 e. The summed E-state index contributed by atoms with van der Waals surface area (Å²) in [5, 5.41) is 22.8. The molecule has 0 bridgehead atoms. The third kappa shape index (κ3) is 5.06. The summed E-state index contributed by atoms with van der Waals surface area (Å²) in [6.07, 6.45) is 0. The van der Waals surface area contributed by atoms with E-state index in [-0.39, 0.29) is 17.5 Å². The number of phenols is 2. The Bertz CT molecular complexity index is 365. The highest BCUT2D eigenvalue weighted by atomic mass is 16.5. The highest BCUT2D eigenvalue weighted by Crippen LogP contribution is 2.31. The van der Waals surface area contributed by atoms with Crippen molar-refractivity contribution in [2.45, 2.75) is 13.0 Å². The van der Waals surface area contributed by atoms with E-state index in [1.54, 1.807) is 25.3 Å². The van der Waals surface area contributed by atoms with Gasteiger partial charge in [-0.2, -0.15) is 0 Å². The molecule has 1 unspecified atom stereocenters. The van der Waals surface area contributed by atoms with Crippen molar-refractivity contribution in [1.29, 1.82) is 0 Å². The molecule has 5 nitrogen and oxygen atoms in total. The van der Waals surface area contributed by atoms with E-state index < -0.39 is 0 Å². The summed E-state index contributed by atoms with van der Waals surface area (Å²) in [4.78, 5) is 2.16. The highest BCUT2D eigenvalue weighted by Gasteiger charge is 2.14. The van der Waals surface area contributed by atoms with Gasteiger partial charge in [-0.25, -0.2) is 0 Å². The van der Waals surface area contributed by atoms with Gasteiger partial charge in [0.2, 0.25) is 0 Å². The Morgan fingerprint density at radius 3 is 2.47 bits per heavy atom. The Morgan fingerprint density at radius 1 is 1.26 bits per heavy atom. The SMILES string of the molecule is COCCN(C)CCNC(C)c1c(O)cccc1O. The maximum atomic E-state index is 9.76. The molecule has 0 aliphatic carbocycles. The molecule has 0 fully saturated rings. The number of benzene rings is 1. The molecule has 3 N–H and O–H groups in total. The predicted octanol–water partition coefficient (Wildman–Crippen LogP) is 1.33. The molecule has 19 heavy (non-hydrogen) atoms. The molecule has 1 atom stereocenters. The van der Waals surface area contributed by atoms with Crippen molar-refractivity contribution in [3.05, 3.63) is 23.8 Å². The van der Waals surface area contributed by atoms with Crippen LogP contribution in [0.4, 0.5) is 0 Å². The maximum absolute atomic E-state index is 9.76. The first-order valence-corrected chi connectivity index (χ1v) is 6.48. The number of phenolic OH excluding ortho intramolecular Hbond substituents is 2. The zero-order chi connectivity index (χ0) is 14.3. The first kappa shape index (κ1) is 15.8. The van der Waals surface area contributed by atoms with Crippen LogP contribution in [-0.4, -0.2) is 55.5 Å². The molecule has 1 aromatic rings. The van der Waals surface area contributed by atoms with Crippen molar-refractivity contribution in [3.63, 3.8) is 0 Å². The van der Waals surface area contributed by atoms with Crippen molar-refractivity contribution in [1.82, 2.24) is 10.2 Å². The Morgan fingerprint density at radius 2 is 1.89 bits per heavy atom. The smallest absolute Gasteiger partial charge is 0.124 e. The third-order valence-corrected chi connectivity index (χ3v) is 3.11. The number of hydrogen-bond acceptors (Lipinski definition) is 5. The van der Waals surface area contributed by atoms with Crippen LogP contribution in [0.15, 0.2) is 18.2 Å². The van der Waals surface area contributed by atoms with Crippen molar-refractivity contribution < 1.29 is 14.9 Å². The first-order valence-electron chi connectivity index (χ1n) is 6.48. The van der Waals surface area contributed by atoms with Crippen LogP contribution in [0.2, 0.25) is 0 Å². The van der Waals surface area contributed by atoms with Crippen LogP contribution in [0, 0.1) is 0 Å². The number of rotatable bonds is 8. The van der Waals surface area contributed by atoms with Crippen LogP contribution in [0.3, 0.4) is 0 Å². The zero-order valence-electron chi connectivity index (χ0n) is 11.9. The van der Waals surface area contributed by atoms with Gasteiger partial charge in [0, 0.05) is 32.8 Å². The molecular formula is C14H24N2O3. The molecule has 0 spiro atoms. The van der Waals surface area contributed by atoms with Gasteiger partial charge in [-0.15, -0.1) is 0 Å². The second kappa shape index (κ2) is 7.99. The summed E-state index contributed by atoms with van der Waals surface area (Å²) in [5.74, 6) is 0.237. The molecule has 0 aromatic heterocycles. The van der Waals surface area contributed by atoms with Gasteiger partial charge in [0.1, 0.15) is 11.5 Å². The fourth-order valence-electron chi connectivity index (χ4n) is 1.92. The van der Waals surface area contributed by atoms with E-state index in [1.165, 1.54) is 0 Å². The monoisotopic (exact) mass is 268 g/mol. The topological polar surface area (TPSA) is 65.0 Å². The number of likely N-dealkylation sites (N-methyl/N-ethyl adjacent to an activating group) is 1. The number of hydrogen-bond donors (Lipinski definition) is 3. The molecule has 0 aliphatic rings. The maximum Gasteiger partial charge on any atom is 0.124 e. The van der Waals surface area contributed by atoms with Gasteiger partial charge in [0.15, 0.2) is 0 Å². The van der Waals surface area contributed by atoms with Gasteiger partial charge in [-0.1, -0.05) is 6.07 Å². The Hall–Kier alpha value is -1.30. The van der Waals surface area contributed by atoms with Gasteiger partial charge < -0.3 is 25.2 Å². The lowest BCUT2D eigenvalue weighted by Gasteiger charge is -2.20. The van der Waals surface area contributed by atoms with Crippen LogP contribution in [0.1, 0.15) is 18.5 Å². The summed E-state index contributed by atoms with van der Waals surface area (Å²) in [6.45, 7) is 5.17. The second-order valence-electron chi connectivity index (χ2n) is 4.68. The Labute approximate surface area is 114 Å². The van der Waals surface area contributed by atoms with Gasteiger partial charge in [0.25, 0.3) is 0 Å². The van der Waals surface area contributed by atoms with Gasteiger partial charge in [-0.05, 0) is 26.1 Å². The molecule has 1 rings (SSSR count). The number of nitrogens with one attached hydrogen (secondary N) is 1. The van der Waals surface area contributed by atoms with Crippen molar-refractivity contribution in [3.8, 4) is 11.5 Å². The second-order valence-corrected chi connectivity index (χ2v) is 4.68. The fourth-order valence-corrected chi connectivity index (χ4v) is 1.92. The minimum absolute atomic E-state index is 0.1000. The molecule has 0 amide bonds. The molecular weight excluding hydrogens is 244 g/mol. The Balaban J connectivity index is 2.41. The normalized spacial score (nSPS) is 12.8. The van der Waals surface area contributed by atoms with E-state index in [2.05, 4.69) is 10.2 Å². The van der Waals surface area contributed by atoms with E-state index in [4.69, 9.17) is 4.74 Å². The highest BCUT2D eigenvalue weighted by molar-refractivity contribution is 5.44. The van der Waals surface area contributed by atoms with Crippen molar-refractivity contribution >= 4 is 0 Å². The number of nitrogens with zero attached hydrogens (tertiary/aromatic N) is 1. The largest absolute Gasteiger partial charge is 0.507 e. The lowest BCUT2D eigenvalue weighted by Crippen LogP contribution is -2.32. The quantitative estimate of drug-likeness (QED) is 0.664. The van der Waals surface area contributed by atoms with Crippen LogP contribution in [0.5, 0.6) is 11.5 Å². The number of methoxy groups -OCH3 is 1. The lowest BCUT2D eigenvalue weighted by molar-refractivity contribution is 0.161. The van der Waals surface area contributed by atoms with E-state index in [9.17, 15) is 10.2 Å². The van der Waals surface area contributed by atoms with Gasteiger partial charge in [-0.3, -0.25) is 0 Å². The summed E-state index contributed by atoms with van der Waals surface area (Å²) < 4.78 is 5.01. The molecule has 0 saturated heterocycles. The van der Waals surface area contributed by atoms with E-state index in [1.807, 2.05) is 14.0 Å². The van der Waals surface area contributed by atoms with Crippen LogP contribution in [-0.2, 0) is 4.74 Å². The molecule has 0 aliphatic heterocycles. The van der Waals surface area contributed by atoms with Crippen molar-refractivity contribution in [2.75, 3.05) is 40.4 Å². The van der Waals surface area contributed by atoms with Gasteiger partial charge in [0.05, 0.1) is 12.2 Å². The minimum atomic E-state index is -0.1000. The van der Waals surface area contributed by atoms with E-state index >= 15 is 0 Å². The number of aromatic hydroxyl groups is 2. The molecule has 0 heterocycles. The molecule has 0 saturated carbocycles. The molecule has 1 aromatic carbocycles.